The van der Waals surface area contributed by atoms with Gasteiger partial charge in [-0.25, -0.2) is 4.98 Å². The molecule has 0 bridgehead atoms. The summed E-state index contributed by atoms with van der Waals surface area (Å²) in [7, 11) is 0. The fourth-order valence-electron chi connectivity index (χ4n) is 6.30. The monoisotopic (exact) mass is 560 g/mol. The molecule has 3 aromatic heterocycles. The Labute approximate surface area is 259 Å². The highest BCUT2D eigenvalue weighted by molar-refractivity contribution is 6.23. The minimum atomic E-state index is -0.566. The molecular formula is C39H22N2O2. The molecule has 0 spiro atoms. The third kappa shape index (κ3) is 3.07. The van der Waals surface area contributed by atoms with E-state index in [1.807, 2.05) is 60.7 Å². The molecule has 10 rings (SSSR count). The molecule has 4 nitrogen and oxygen atoms in total. The van der Waals surface area contributed by atoms with Crippen molar-refractivity contribution < 1.29 is 22.5 Å². The molecule has 7 aromatic carbocycles. The van der Waals surface area contributed by atoms with Crippen LogP contribution in [0.4, 0.5) is 0 Å². The number of fused-ring (bicyclic) bond motifs is 11. The molecule has 0 saturated carbocycles. The van der Waals surface area contributed by atoms with Crippen molar-refractivity contribution in [2.24, 2.45) is 0 Å². The first-order valence-corrected chi connectivity index (χ1v) is 13.7. The zero-order valence-electron chi connectivity index (χ0n) is 32.1. The lowest BCUT2D eigenvalue weighted by Crippen LogP contribution is -1.95. The molecule has 0 amide bonds. The Hall–Kier alpha value is -5.87. The van der Waals surface area contributed by atoms with Gasteiger partial charge in [0.2, 0.25) is 5.89 Å². The summed E-state index contributed by atoms with van der Waals surface area (Å²) in [6.07, 6.45) is 0. The largest absolute Gasteiger partial charge is 0.455 e. The van der Waals surface area contributed by atoms with Crippen LogP contribution in [0.2, 0.25) is 0 Å². The molecule has 0 aliphatic carbocycles. The lowest BCUT2D eigenvalue weighted by molar-refractivity contribution is 0.620. The summed E-state index contributed by atoms with van der Waals surface area (Å²) in [6.45, 7) is 0. The van der Waals surface area contributed by atoms with Crippen LogP contribution in [-0.4, -0.2) is 9.55 Å². The molecule has 0 saturated heterocycles. The van der Waals surface area contributed by atoms with Gasteiger partial charge in [-0.2, -0.15) is 0 Å². The van der Waals surface area contributed by atoms with Gasteiger partial charge in [0, 0.05) is 37.9 Å². The van der Waals surface area contributed by atoms with E-state index in [4.69, 9.17) is 26.2 Å². The molecule has 0 unspecified atom stereocenters. The van der Waals surface area contributed by atoms with Gasteiger partial charge < -0.3 is 13.4 Å². The van der Waals surface area contributed by atoms with Gasteiger partial charge in [-0.05, 0) is 59.3 Å². The first-order chi connectivity index (χ1) is 25.5. The Bertz CT molecular complexity index is 3280. The van der Waals surface area contributed by atoms with Gasteiger partial charge >= 0.3 is 0 Å². The van der Waals surface area contributed by atoms with E-state index in [0.717, 1.165) is 21.9 Å². The van der Waals surface area contributed by atoms with E-state index in [9.17, 15) is 1.37 Å². The quantitative estimate of drug-likeness (QED) is 0.211. The molecule has 10 aromatic rings. The van der Waals surface area contributed by atoms with Crippen molar-refractivity contribution in [1.82, 2.24) is 9.55 Å². The zero-order valence-corrected chi connectivity index (χ0v) is 22.1. The average molecular weight is 561 g/mol. The Morgan fingerprint density at radius 3 is 2.33 bits per heavy atom. The molecule has 0 N–H and O–H groups in total. The number of benzene rings is 7. The number of hydrogen-bond acceptors (Lipinski definition) is 3. The summed E-state index contributed by atoms with van der Waals surface area (Å²) < 4.78 is 102. The van der Waals surface area contributed by atoms with Crippen molar-refractivity contribution in [3.8, 4) is 17.1 Å². The van der Waals surface area contributed by atoms with Crippen LogP contribution in [-0.2, 0) is 0 Å². The van der Waals surface area contributed by atoms with Crippen LogP contribution in [0.15, 0.2) is 142 Å². The zero-order chi connectivity index (χ0) is 36.8. The second-order valence-electron chi connectivity index (χ2n) is 10.4. The molecule has 0 aliphatic heterocycles. The summed E-state index contributed by atoms with van der Waals surface area (Å²) >= 11 is 0. The number of para-hydroxylation sites is 3. The Morgan fingerprint density at radius 2 is 1.37 bits per heavy atom. The normalized spacial score (nSPS) is 15.4. The van der Waals surface area contributed by atoms with E-state index in [1.165, 1.54) is 4.57 Å². The summed E-state index contributed by atoms with van der Waals surface area (Å²) in [6, 6.07) is 17.5. The third-order valence-electron chi connectivity index (χ3n) is 8.11. The third-order valence-corrected chi connectivity index (χ3v) is 8.11. The van der Waals surface area contributed by atoms with Crippen LogP contribution in [0.25, 0.3) is 93.5 Å². The van der Waals surface area contributed by atoms with E-state index >= 15 is 0 Å². The second-order valence-corrected chi connectivity index (χ2v) is 10.4. The maximum atomic E-state index is 9.28. The standard InChI is InChI=1S/C39H22N2O2/c1-2-10-24-23(9-1)19-22-33-36(24)27-11-3-5-15-32(27)41(33)31-16-7-12-26-25(31)20-21-28-37-29(13-8-18-35(37)42-38(26)28)39-40-30-14-4-6-17-34(30)43-39/h1-22H/i1D,2D,3D,5D,9D,10D,11D,15D,19D,22D. The lowest BCUT2D eigenvalue weighted by Gasteiger charge is -2.12. The Morgan fingerprint density at radius 1 is 0.558 bits per heavy atom. The molecular weight excluding hydrogens is 528 g/mol. The maximum absolute atomic E-state index is 9.28. The number of nitrogens with zero attached hydrogens (tertiary/aromatic N) is 2. The van der Waals surface area contributed by atoms with Gasteiger partial charge in [0.15, 0.2) is 5.58 Å². The predicted molar refractivity (Wildman–Crippen MR) is 176 cm³/mol. The number of oxazole rings is 1. The van der Waals surface area contributed by atoms with Crippen LogP contribution in [0, 0.1) is 0 Å². The molecule has 3 heterocycles. The molecule has 43 heavy (non-hydrogen) atoms. The summed E-state index contributed by atoms with van der Waals surface area (Å²) in [4.78, 5) is 4.72. The predicted octanol–water partition coefficient (Wildman–Crippen LogP) is 10.8. The highest BCUT2D eigenvalue weighted by Crippen LogP contribution is 2.43. The van der Waals surface area contributed by atoms with Crippen molar-refractivity contribution in [3.05, 3.63) is 133 Å². The van der Waals surface area contributed by atoms with E-state index in [1.54, 1.807) is 12.1 Å². The SMILES string of the molecule is [2H]c1c([2H])c([2H])c2c(c1[2H])c([2H])c([2H])c1c2c2c([2H])c([2H])c([2H])c([2H])c2n1-c1cccc2c1ccc1c2oc2cccc(-c3nc4ccccc4o3)c21. The molecule has 0 atom stereocenters. The fourth-order valence-corrected chi connectivity index (χ4v) is 6.30. The van der Waals surface area contributed by atoms with E-state index in [0.29, 0.717) is 39.1 Å². The van der Waals surface area contributed by atoms with E-state index < -0.39 is 60.4 Å². The van der Waals surface area contributed by atoms with Crippen LogP contribution < -0.4 is 0 Å². The molecule has 0 aliphatic rings. The minimum Gasteiger partial charge on any atom is -0.455 e. The van der Waals surface area contributed by atoms with Gasteiger partial charge in [-0.1, -0.05) is 84.7 Å². The number of furan rings is 1. The molecule has 4 heteroatoms. The lowest BCUT2D eigenvalue weighted by atomic mass is 10.0. The van der Waals surface area contributed by atoms with Crippen LogP contribution in [0.5, 0.6) is 0 Å². The number of rotatable bonds is 2. The minimum absolute atomic E-state index is 0.00857. The first-order valence-electron chi connectivity index (χ1n) is 18.7. The van der Waals surface area contributed by atoms with Gasteiger partial charge in [-0.15, -0.1) is 0 Å². The Balaban J connectivity index is 1.36. The van der Waals surface area contributed by atoms with Crippen molar-refractivity contribution in [2.75, 3.05) is 0 Å². The maximum Gasteiger partial charge on any atom is 0.228 e. The second kappa shape index (κ2) is 8.34. The van der Waals surface area contributed by atoms with E-state index in [-0.39, 0.29) is 32.6 Å². The van der Waals surface area contributed by atoms with Gasteiger partial charge in [0.05, 0.1) is 30.4 Å². The van der Waals surface area contributed by atoms with Crippen molar-refractivity contribution >= 4 is 76.4 Å². The summed E-state index contributed by atoms with van der Waals surface area (Å²) in [5, 5.41) is 2.58. The Kier molecular flexibility index (Phi) is 2.98. The van der Waals surface area contributed by atoms with Crippen molar-refractivity contribution in [3.63, 3.8) is 0 Å². The topological polar surface area (TPSA) is 44.1 Å². The molecule has 0 radical (unpaired) electrons. The highest BCUT2D eigenvalue weighted by Gasteiger charge is 2.20. The van der Waals surface area contributed by atoms with Gasteiger partial charge in [0.1, 0.15) is 16.7 Å². The smallest absolute Gasteiger partial charge is 0.228 e. The number of hydrogen-bond donors (Lipinski definition) is 0. The fraction of sp³-hybridized carbons (Fsp3) is 0. The summed E-state index contributed by atoms with van der Waals surface area (Å²) in [5.41, 5.74) is 3.69. The van der Waals surface area contributed by atoms with E-state index in [2.05, 4.69) is 0 Å². The summed E-state index contributed by atoms with van der Waals surface area (Å²) in [5.74, 6) is 0.437. The average Bonchev–Trinajstić information content (AvgIpc) is 3.88. The number of aromatic nitrogens is 2. The van der Waals surface area contributed by atoms with Crippen LogP contribution in [0.1, 0.15) is 13.7 Å². The molecule has 0 fully saturated rings. The van der Waals surface area contributed by atoms with Gasteiger partial charge in [-0.3, -0.25) is 0 Å². The first kappa shape index (κ1) is 15.4. The molecule has 200 valence electrons. The van der Waals surface area contributed by atoms with Crippen molar-refractivity contribution in [2.45, 2.75) is 0 Å². The van der Waals surface area contributed by atoms with Gasteiger partial charge in [0.25, 0.3) is 0 Å². The van der Waals surface area contributed by atoms with Crippen LogP contribution >= 0.6 is 0 Å². The van der Waals surface area contributed by atoms with Crippen molar-refractivity contribution in [1.29, 1.82) is 0 Å². The van der Waals surface area contributed by atoms with Crippen LogP contribution in [0.3, 0.4) is 0 Å². The highest BCUT2D eigenvalue weighted by atomic mass is 16.3.